The molecule has 0 spiro atoms. The van der Waals surface area contributed by atoms with E-state index in [0.29, 0.717) is 0 Å². The van der Waals surface area contributed by atoms with Gasteiger partial charge in [-0.2, -0.15) is 11.8 Å². The van der Waals surface area contributed by atoms with Crippen molar-refractivity contribution < 1.29 is 0 Å². The molecule has 0 aromatic carbocycles. The molecule has 0 aliphatic heterocycles. The van der Waals surface area contributed by atoms with E-state index in [4.69, 9.17) is 5.73 Å². The van der Waals surface area contributed by atoms with Crippen molar-refractivity contribution in [2.75, 3.05) is 12.0 Å². The Morgan fingerprint density at radius 1 is 1.83 bits per heavy atom. The fourth-order valence-corrected chi connectivity index (χ4v) is 0.558. The maximum absolute atomic E-state index is 5.08. The van der Waals surface area contributed by atoms with Crippen LogP contribution in [0.3, 0.4) is 0 Å². The summed E-state index contributed by atoms with van der Waals surface area (Å²) in [6.45, 7) is 1.69. The van der Waals surface area contributed by atoms with E-state index < -0.39 is 0 Å². The van der Waals surface area contributed by atoms with Crippen LogP contribution < -0.4 is 5.73 Å². The second-order valence-electron chi connectivity index (χ2n) is 1.02. The summed E-state index contributed by atoms with van der Waals surface area (Å²) >= 11 is 1.81. The SMILES string of the molecule is CSCC[CH]N. The van der Waals surface area contributed by atoms with E-state index in [9.17, 15) is 0 Å². The van der Waals surface area contributed by atoms with Crippen molar-refractivity contribution in [1.29, 1.82) is 0 Å². The van der Waals surface area contributed by atoms with Gasteiger partial charge in [0.25, 0.3) is 0 Å². The van der Waals surface area contributed by atoms with Crippen molar-refractivity contribution in [3.63, 3.8) is 0 Å². The molecule has 0 saturated heterocycles. The molecular formula is C4H10NS. The van der Waals surface area contributed by atoms with Crippen LogP contribution in [-0.2, 0) is 0 Å². The van der Waals surface area contributed by atoms with Crippen LogP contribution in [0.15, 0.2) is 0 Å². The third kappa shape index (κ3) is 4.31. The van der Waals surface area contributed by atoms with Gasteiger partial charge in [0, 0.05) is 6.54 Å². The van der Waals surface area contributed by atoms with Crippen LogP contribution in [-0.4, -0.2) is 12.0 Å². The van der Waals surface area contributed by atoms with Crippen LogP contribution in [0, 0.1) is 6.54 Å². The molecule has 0 amide bonds. The van der Waals surface area contributed by atoms with Gasteiger partial charge in [0.2, 0.25) is 0 Å². The topological polar surface area (TPSA) is 26.0 Å². The summed E-state index contributed by atoms with van der Waals surface area (Å²) in [5, 5.41) is 0. The highest BCUT2D eigenvalue weighted by atomic mass is 32.2. The molecule has 0 bridgehead atoms. The van der Waals surface area contributed by atoms with Gasteiger partial charge in [-0.25, -0.2) is 0 Å². The van der Waals surface area contributed by atoms with Gasteiger partial charge in [-0.3, -0.25) is 0 Å². The van der Waals surface area contributed by atoms with Crippen LogP contribution >= 0.6 is 11.8 Å². The van der Waals surface area contributed by atoms with Crippen LogP contribution in [0.2, 0.25) is 0 Å². The molecule has 0 atom stereocenters. The molecule has 0 unspecified atom stereocenters. The molecule has 37 valence electrons. The Morgan fingerprint density at radius 3 is 2.67 bits per heavy atom. The summed E-state index contributed by atoms with van der Waals surface area (Å²) in [6.07, 6.45) is 3.10. The summed E-state index contributed by atoms with van der Waals surface area (Å²) in [5.41, 5.74) is 5.08. The molecule has 6 heavy (non-hydrogen) atoms. The second-order valence-corrected chi connectivity index (χ2v) is 2.00. The van der Waals surface area contributed by atoms with Crippen LogP contribution in [0.25, 0.3) is 0 Å². The summed E-state index contributed by atoms with van der Waals surface area (Å²) in [7, 11) is 0. The first-order chi connectivity index (χ1) is 2.91. The maximum Gasteiger partial charge on any atom is 0.0200 e. The lowest BCUT2D eigenvalue weighted by Gasteiger charge is -1.86. The van der Waals surface area contributed by atoms with Gasteiger partial charge in [0.1, 0.15) is 0 Å². The fraction of sp³-hybridized carbons (Fsp3) is 0.750. The van der Waals surface area contributed by atoms with Gasteiger partial charge in [0.05, 0.1) is 0 Å². The molecule has 0 aliphatic carbocycles. The van der Waals surface area contributed by atoms with E-state index in [-0.39, 0.29) is 0 Å². The van der Waals surface area contributed by atoms with E-state index >= 15 is 0 Å². The summed E-state index contributed by atoms with van der Waals surface area (Å²) in [4.78, 5) is 0. The van der Waals surface area contributed by atoms with Crippen molar-refractivity contribution in [1.82, 2.24) is 0 Å². The Kier molecular flexibility index (Phi) is 5.58. The quantitative estimate of drug-likeness (QED) is 0.537. The van der Waals surface area contributed by atoms with Crippen LogP contribution in [0.4, 0.5) is 0 Å². The Labute approximate surface area is 43.3 Å². The lowest BCUT2D eigenvalue weighted by Crippen LogP contribution is -1.90. The molecule has 2 N–H and O–H groups in total. The van der Waals surface area contributed by atoms with Crippen molar-refractivity contribution in [3.8, 4) is 0 Å². The van der Waals surface area contributed by atoms with Gasteiger partial charge in [-0.15, -0.1) is 0 Å². The van der Waals surface area contributed by atoms with Gasteiger partial charge in [0.15, 0.2) is 0 Å². The van der Waals surface area contributed by atoms with E-state index in [1.165, 1.54) is 0 Å². The van der Waals surface area contributed by atoms with E-state index in [0.717, 1.165) is 12.2 Å². The molecule has 0 rings (SSSR count). The molecule has 0 fully saturated rings. The molecule has 1 nitrogen and oxygen atoms in total. The second kappa shape index (κ2) is 5.31. The van der Waals surface area contributed by atoms with Gasteiger partial charge < -0.3 is 5.73 Å². The minimum Gasteiger partial charge on any atom is -0.326 e. The highest BCUT2D eigenvalue weighted by Crippen LogP contribution is 1.93. The number of hydrogen-bond acceptors (Lipinski definition) is 2. The Bertz CT molecular complexity index is 19.5. The van der Waals surface area contributed by atoms with E-state index in [1.807, 2.05) is 11.8 Å². The smallest absolute Gasteiger partial charge is 0.0200 e. The van der Waals surface area contributed by atoms with Crippen LogP contribution in [0.1, 0.15) is 6.42 Å². The van der Waals surface area contributed by atoms with Crippen LogP contribution in [0.5, 0.6) is 0 Å². The zero-order valence-electron chi connectivity index (χ0n) is 3.98. The average Bonchev–Trinajstić information content (AvgIpc) is 1.61. The van der Waals surface area contributed by atoms with Crippen molar-refractivity contribution >= 4 is 11.8 Å². The Morgan fingerprint density at radius 2 is 2.50 bits per heavy atom. The van der Waals surface area contributed by atoms with Gasteiger partial charge >= 0.3 is 0 Å². The summed E-state index contributed by atoms with van der Waals surface area (Å²) in [6, 6.07) is 0. The lowest BCUT2D eigenvalue weighted by atomic mass is 10.5. The normalized spacial score (nSPS) is 9.00. The number of nitrogens with two attached hydrogens (primary N) is 1. The lowest BCUT2D eigenvalue weighted by molar-refractivity contribution is 1.08. The molecule has 1 radical (unpaired) electrons. The summed E-state index contributed by atoms with van der Waals surface area (Å²) < 4.78 is 0. The van der Waals surface area contributed by atoms with Crippen molar-refractivity contribution in [2.24, 2.45) is 5.73 Å². The molecule has 0 saturated carbocycles. The Hall–Kier alpha value is 0.310. The molecular weight excluding hydrogens is 94.1 g/mol. The van der Waals surface area contributed by atoms with E-state index in [2.05, 4.69) is 6.26 Å². The first-order valence-electron chi connectivity index (χ1n) is 1.94. The van der Waals surface area contributed by atoms with Gasteiger partial charge in [-0.1, -0.05) is 0 Å². The highest BCUT2D eigenvalue weighted by molar-refractivity contribution is 7.98. The first kappa shape index (κ1) is 6.31. The number of thioether (sulfide) groups is 1. The van der Waals surface area contributed by atoms with Gasteiger partial charge in [-0.05, 0) is 18.4 Å². The molecule has 2 heteroatoms. The molecule has 0 aliphatic rings. The third-order valence-corrected chi connectivity index (χ3v) is 1.13. The molecule has 0 aromatic heterocycles. The number of rotatable bonds is 3. The molecule has 0 aromatic rings. The van der Waals surface area contributed by atoms with Crippen molar-refractivity contribution in [3.05, 3.63) is 6.54 Å². The maximum atomic E-state index is 5.08. The number of hydrogen-bond donors (Lipinski definition) is 1. The fourth-order valence-electron chi connectivity index (χ4n) is 0.186. The predicted molar refractivity (Wildman–Crippen MR) is 31.5 cm³/mol. The monoisotopic (exact) mass is 104 g/mol. The minimum absolute atomic E-state index is 1.03. The first-order valence-corrected chi connectivity index (χ1v) is 3.33. The minimum atomic E-state index is 1.03. The largest absolute Gasteiger partial charge is 0.326 e. The highest BCUT2D eigenvalue weighted by Gasteiger charge is 1.76. The summed E-state index contributed by atoms with van der Waals surface area (Å²) in [5.74, 6) is 1.15. The third-order valence-electron chi connectivity index (χ3n) is 0.489. The average molecular weight is 104 g/mol. The zero-order valence-corrected chi connectivity index (χ0v) is 4.79. The zero-order chi connectivity index (χ0) is 4.83. The van der Waals surface area contributed by atoms with Crippen molar-refractivity contribution in [2.45, 2.75) is 6.42 Å². The van der Waals surface area contributed by atoms with E-state index in [1.54, 1.807) is 6.54 Å². The Balaban J connectivity index is 2.34. The standard InChI is InChI=1S/C4H10NS/c1-6-4-2-3-5/h3H,2,4-5H2,1H3. The predicted octanol–water partition coefficient (Wildman–Crippen LogP) is 0.860. The molecule has 0 heterocycles.